The van der Waals surface area contributed by atoms with Crippen LogP contribution in [0.4, 0.5) is 0 Å². The van der Waals surface area contributed by atoms with Gasteiger partial charge >= 0.3 is 0 Å². The minimum Gasteiger partial charge on any atom is -0.0873 e. The zero-order valence-corrected chi connectivity index (χ0v) is 23.8. The molecule has 0 nitrogen and oxygen atoms in total. The van der Waals surface area contributed by atoms with Crippen molar-refractivity contribution in [1.82, 2.24) is 0 Å². The molecule has 0 bridgehead atoms. The van der Waals surface area contributed by atoms with Gasteiger partial charge in [0.15, 0.2) is 0 Å². The fraction of sp³-hybridized carbons (Fsp3) is 0.351. The summed E-state index contributed by atoms with van der Waals surface area (Å²) in [6.45, 7) is 16.3. The molecule has 37 heavy (non-hydrogen) atoms. The van der Waals surface area contributed by atoms with Crippen LogP contribution in [0.3, 0.4) is 0 Å². The highest BCUT2D eigenvalue weighted by Crippen LogP contribution is 2.53. The molecule has 0 spiro atoms. The van der Waals surface area contributed by atoms with E-state index < -0.39 is 0 Å². The van der Waals surface area contributed by atoms with Gasteiger partial charge in [0.2, 0.25) is 0 Å². The molecule has 0 fully saturated rings. The second-order valence-corrected chi connectivity index (χ2v) is 12.9. The van der Waals surface area contributed by atoms with Crippen LogP contribution in [0.5, 0.6) is 0 Å². The third-order valence-electron chi connectivity index (χ3n) is 8.25. The lowest BCUT2D eigenvalue weighted by Crippen LogP contribution is -2.33. The average molecular weight is 487 g/mol. The first-order valence-electron chi connectivity index (χ1n) is 14.0. The smallest absolute Gasteiger partial charge is 0.0604 e. The van der Waals surface area contributed by atoms with Crippen molar-refractivity contribution in [2.45, 2.75) is 84.0 Å². The van der Waals surface area contributed by atoms with E-state index in [9.17, 15) is 0 Å². The Morgan fingerprint density at radius 2 is 1.51 bits per heavy atom. The van der Waals surface area contributed by atoms with Gasteiger partial charge in [-0.2, -0.15) is 0 Å². The fourth-order valence-corrected chi connectivity index (χ4v) is 6.33. The number of hydrogen-bond donors (Lipinski definition) is 0. The third kappa shape index (κ3) is 4.35. The summed E-state index contributed by atoms with van der Waals surface area (Å²) in [5.41, 5.74) is 12.8. The molecule has 0 radical (unpaired) electrons. The molecule has 0 saturated carbocycles. The van der Waals surface area contributed by atoms with Crippen LogP contribution >= 0.6 is 0 Å². The number of hydrogen-bond acceptors (Lipinski definition) is 0. The standard InChI is InChI=1S/C37H42/c1-8-9-23-37(28-17-13-14-18-28,27-15-11-10-12-16-27)34-32-25-26-24-29(35(2,3)4)19-20-30(26)31(32)21-22-33(34)36(5,6)7/h9-17,19-24H,8,18,25H2,1-7H3. The van der Waals surface area contributed by atoms with E-state index in [0.717, 1.165) is 19.3 Å². The predicted octanol–water partition coefficient (Wildman–Crippen LogP) is 9.99. The van der Waals surface area contributed by atoms with Crippen molar-refractivity contribution < 1.29 is 0 Å². The Balaban J connectivity index is 1.87. The molecule has 2 aliphatic carbocycles. The maximum absolute atomic E-state index is 2.52. The molecule has 0 N–H and O–H groups in total. The van der Waals surface area contributed by atoms with Crippen LogP contribution in [0, 0.1) is 0 Å². The van der Waals surface area contributed by atoms with E-state index in [4.69, 9.17) is 0 Å². The first-order valence-corrected chi connectivity index (χ1v) is 14.0. The van der Waals surface area contributed by atoms with Crippen LogP contribution in [0.25, 0.3) is 11.1 Å². The maximum Gasteiger partial charge on any atom is 0.0604 e. The van der Waals surface area contributed by atoms with Gasteiger partial charge in [0.25, 0.3) is 0 Å². The largest absolute Gasteiger partial charge is 0.0873 e. The van der Waals surface area contributed by atoms with Crippen molar-refractivity contribution in [3.8, 4) is 11.1 Å². The van der Waals surface area contributed by atoms with Crippen LogP contribution < -0.4 is 0 Å². The Kier molecular flexibility index (Phi) is 6.43. The van der Waals surface area contributed by atoms with Gasteiger partial charge in [-0.15, -0.1) is 0 Å². The normalized spacial score (nSPS) is 16.6. The van der Waals surface area contributed by atoms with Crippen molar-refractivity contribution in [3.05, 3.63) is 130 Å². The van der Waals surface area contributed by atoms with Crippen molar-refractivity contribution >= 4 is 0 Å². The Bertz CT molecular complexity index is 1400. The van der Waals surface area contributed by atoms with Gasteiger partial charge < -0.3 is 0 Å². The molecule has 190 valence electrons. The monoisotopic (exact) mass is 486 g/mol. The van der Waals surface area contributed by atoms with E-state index in [1.165, 1.54) is 50.1 Å². The first-order chi connectivity index (χ1) is 17.6. The van der Waals surface area contributed by atoms with Gasteiger partial charge in [-0.25, -0.2) is 0 Å². The second-order valence-electron chi connectivity index (χ2n) is 12.9. The van der Waals surface area contributed by atoms with Crippen molar-refractivity contribution in [1.29, 1.82) is 0 Å². The average Bonchev–Trinajstić information content (AvgIpc) is 3.52. The third-order valence-corrected chi connectivity index (χ3v) is 8.25. The van der Waals surface area contributed by atoms with E-state index in [-0.39, 0.29) is 16.2 Å². The summed E-state index contributed by atoms with van der Waals surface area (Å²) in [6, 6.07) is 23.3. The molecule has 0 aromatic heterocycles. The lowest BCUT2D eigenvalue weighted by Gasteiger charge is -2.40. The number of benzene rings is 3. The number of allylic oxidation sites excluding steroid dienone is 6. The van der Waals surface area contributed by atoms with Gasteiger partial charge in [0, 0.05) is 0 Å². The van der Waals surface area contributed by atoms with Gasteiger partial charge in [-0.05, 0) is 80.2 Å². The molecule has 3 aromatic rings. The summed E-state index contributed by atoms with van der Waals surface area (Å²) in [4.78, 5) is 0. The van der Waals surface area contributed by atoms with E-state index in [0.29, 0.717) is 0 Å². The SMILES string of the molecule is CCC=CC(C1=CC=CC1)(c1ccccc1)c1c(C(C)(C)C)ccc2c1Cc1cc(C(C)(C)C)ccc1-2. The van der Waals surface area contributed by atoms with E-state index in [1.54, 1.807) is 0 Å². The summed E-state index contributed by atoms with van der Waals surface area (Å²) in [6.07, 6.45) is 14.8. The zero-order valence-electron chi connectivity index (χ0n) is 23.8. The molecule has 2 aliphatic rings. The van der Waals surface area contributed by atoms with Crippen LogP contribution in [0.2, 0.25) is 0 Å². The van der Waals surface area contributed by atoms with Crippen LogP contribution in [0.1, 0.15) is 94.7 Å². The molecule has 0 saturated heterocycles. The summed E-state index contributed by atoms with van der Waals surface area (Å²) >= 11 is 0. The summed E-state index contributed by atoms with van der Waals surface area (Å²) in [7, 11) is 0. The lowest BCUT2D eigenvalue weighted by atomic mass is 9.62. The zero-order chi connectivity index (χ0) is 26.4. The first kappa shape index (κ1) is 25.5. The molecular weight excluding hydrogens is 444 g/mol. The Hall–Kier alpha value is -3.12. The van der Waals surface area contributed by atoms with Crippen molar-refractivity contribution in [3.63, 3.8) is 0 Å². The maximum atomic E-state index is 2.52. The summed E-state index contributed by atoms with van der Waals surface area (Å²) < 4.78 is 0. The van der Waals surface area contributed by atoms with E-state index in [1.807, 2.05) is 0 Å². The molecule has 0 amide bonds. The Labute approximate surface area is 224 Å². The van der Waals surface area contributed by atoms with E-state index >= 15 is 0 Å². The molecule has 1 unspecified atom stereocenters. The van der Waals surface area contributed by atoms with E-state index in [2.05, 4.69) is 140 Å². The molecule has 3 aromatic carbocycles. The van der Waals surface area contributed by atoms with Crippen molar-refractivity contribution in [2.24, 2.45) is 0 Å². The Morgan fingerprint density at radius 1 is 0.784 bits per heavy atom. The quantitative estimate of drug-likeness (QED) is 0.246. The molecule has 0 aliphatic heterocycles. The molecule has 1 atom stereocenters. The fourth-order valence-electron chi connectivity index (χ4n) is 6.33. The van der Waals surface area contributed by atoms with Crippen molar-refractivity contribution in [2.75, 3.05) is 0 Å². The van der Waals surface area contributed by atoms with Crippen LogP contribution in [0.15, 0.2) is 96.6 Å². The summed E-state index contributed by atoms with van der Waals surface area (Å²) in [5.74, 6) is 0. The molecule has 5 rings (SSSR count). The topological polar surface area (TPSA) is 0 Å². The highest BCUT2D eigenvalue weighted by Gasteiger charge is 2.42. The molecule has 0 heteroatoms. The van der Waals surface area contributed by atoms with Crippen LogP contribution in [-0.2, 0) is 22.7 Å². The lowest BCUT2D eigenvalue weighted by molar-refractivity contribution is 0.567. The highest BCUT2D eigenvalue weighted by molar-refractivity contribution is 5.81. The molecular formula is C37H42. The Morgan fingerprint density at radius 3 is 2.14 bits per heavy atom. The minimum atomic E-state index is -0.302. The number of fused-ring (bicyclic) bond motifs is 3. The predicted molar refractivity (Wildman–Crippen MR) is 161 cm³/mol. The molecule has 0 heterocycles. The second kappa shape index (κ2) is 9.32. The van der Waals surface area contributed by atoms with Gasteiger partial charge in [-0.3, -0.25) is 0 Å². The number of rotatable bonds is 5. The van der Waals surface area contributed by atoms with Crippen LogP contribution in [-0.4, -0.2) is 0 Å². The minimum absolute atomic E-state index is 0.0163. The van der Waals surface area contributed by atoms with Gasteiger partial charge in [-0.1, -0.05) is 140 Å². The van der Waals surface area contributed by atoms with Gasteiger partial charge in [0.1, 0.15) is 0 Å². The van der Waals surface area contributed by atoms with Gasteiger partial charge in [0.05, 0.1) is 5.41 Å². The summed E-state index contributed by atoms with van der Waals surface area (Å²) in [5, 5.41) is 0. The highest BCUT2D eigenvalue weighted by atomic mass is 14.4.